The number of anilines is 2. The van der Waals surface area contributed by atoms with Crippen molar-refractivity contribution >= 4 is 17.8 Å². The van der Waals surface area contributed by atoms with Crippen LogP contribution in [0.2, 0.25) is 0 Å². The molecule has 0 unspecified atom stereocenters. The van der Waals surface area contributed by atoms with Crippen LogP contribution in [0.15, 0.2) is 31.0 Å². The van der Waals surface area contributed by atoms with E-state index in [4.69, 9.17) is 19.9 Å². The maximum atomic E-state index is 13.4. The molecule has 3 N–H and O–H groups in total. The van der Waals surface area contributed by atoms with Crippen LogP contribution in [0.1, 0.15) is 31.2 Å². The number of hydrogen-bond acceptors (Lipinski definition) is 11. The summed E-state index contributed by atoms with van der Waals surface area (Å²) in [5, 5.41) is 3.09. The van der Waals surface area contributed by atoms with Crippen LogP contribution in [-0.4, -0.2) is 74.4 Å². The van der Waals surface area contributed by atoms with Gasteiger partial charge in [0.15, 0.2) is 5.82 Å². The first-order chi connectivity index (χ1) is 19.2. The second kappa shape index (κ2) is 11.4. The van der Waals surface area contributed by atoms with Gasteiger partial charge in [0, 0.05) is 36.2 Å². The highest BCUT2D eigenvalue weighted by Crippen LogP contribution is 2.36. The second-order valence-corrected chi connectivity index (χ2v) is 9.26. The molecule has 212 valence electrons. The van der Waals surface area contributed by atoms with Gasteiger partial charge in [-0.25, -0.2) is 24.7 Å². The summed E-state index contributed by atoms with van der Waals surface area (Å²) in [4.78, 5) is 38.5. The number of halogens is 3. The number of methoxy groups -OCH3 is 1. The smallest absolute Gasteiger partial charge is 0.423 e. The van der Waals surface area contributed by atoms with E-state index in [1.807, 2.05) is 0 Å². The molecule has 13 nitrogen and oxygen atoms in total. The van der Waals surface area contributed by atoms with Gasteiger partial charge < -0.3 is 25.3 Å². The SMILES string of the molecule is COc1ncc(-c2cnc(N(C(N)=O)[C@H]3CC[C@H](Nc4ncc(C(F)(F)F)c(OC5COC5)n4)CC3)cn2)cn1. The Labute approximate surface area is 226 Å². The van der Waals surface area contributed by atoms with E-state index in [0.717, 1.165) is 0 Å². The number of alkyl halides is 3. The Morgan fingerprint density at radius 3 is 2.30 bits per heavy atom. The summed E-state index contributed by atoms with van der Waals surface area (Å²) >= 11 is 0. The standard InChI is InChI=1S/C24H26F3N9O4/c1-38-23-32-6-13(7-33-23)18-9-30-19(10-29-18)36(21(28)37)15-4-2-14(3-5-15)34-22-31-8-17(24(25,26)27)20(35-22)40-16-11-39-12-16/h6-10,14-16H,2-5,11-12H2,1H3,(H2,28,37)(H,31,34,35)/t14-,15-. The molecular formula is C24H26F3N9O4. The molecule has 0 aromatic carbocycles. The monoisotopic (exact) mass is 561 g/mol. The zero-order chi connectivity index (χ0) is 28.3. The lowest BCUT2D eigenvalue weighted by Gasteiger charge is -2.35. The van der Waals surface area contributed by atoms with Gasteiger partial charge in [-0.3, -0.25) is 9.88 Å². The first-order valence-corrected chi connectivity index (χ1v) is 12.4. The van der Waals surface area contributed by atoms with E-state index in [9.17, 15) is 18.0 Å². The van der Waals surface area contributed by atoms with Gasteiger partial charge in [0.25, 0.3) is 0 Å². The lowest BCUT2D eigenvalue weighted by molar-refractivity contribution is -0.142. The van der Waals surface area contributed by atoms with E-state index in [2.05, 4.69) is 35.2 Å². The largest absolute Gasteiger partial charge is 0.469 e. The van der Waals surface area contributed by atoms with Crippen LogP contribution in [0.3, 0.4) is 0 Å². The molecule has 16 heteroatoms. The average Bonchev–Trinajstić information content (AvgIpc) is 2.92. The fourth-order valence-electron chi connectivity index (χ4n) is 4.45. The van der Waals surface area contributed by atoms with Crippen molar-refractivity contribution in [2.24, 2.45) is 5.73 Å². The van der Waals surface area contributed by atoms with Crippen LogP contribution in [0.5, 0.6) is 11.9 Å². The third-order valence-electron chi connectivity index (χ3n) is 6.57. The topological polar surface area (TPSA) is 163 Å². The number of nitrogens with zero attached hydrogens (tertiary/aromatic N) is 7. The summed E-state index contributed by atoms with van der Waals surface area (Å²) in [7, 11) is 1.46. The molecular weight excluding hydrogens is 535 g/mol. The number of rotatable bonds is 8. The number of primary amides is 1. The van der Waals surface area contributed by atoms with Crippen molar-refractivity contribution in [1.82, 2.24) is 29.9 Å². The highest BCUT2D eigenvalue weighted by Gasteiger charge is 2.38. The number of carbonyl (C=O) groups excluding carboxylic acids is 1. The van der Waals surface area contributed by atoms with Crippen molar-refractivity contribution in [3.63, 3.8) is 0 Å². The number of nitrogens with one attached hydrogen (secondary N) is 1. The fourth-order valence-corrected chi connectivity index (χ4v) is 4.45. The predicted octanol–water partition coefficient (Wildman–Crippen LogP) is 2.84. The fraction of sp³-hybridized carbons (Fsp3) is 0.458. The lowest BCUT2D eigenvalue weighted by Crippen LogP contribution is -2.47. The number of urea groups is 1. The summed E-state index contributed by atoms with van der Waals surface area (Å²) in [6.45, 7) is 0.404. The molecule has 2 fully saturated rings. The molecule has 0 radical (unpaired) electrons. The summed E-state index contributed by atoms with van der Waals surface area (Å²) in [5.74, 6) is -0.201. The second-order valence-electron chi connectivity index (χ2n) is 9.26. The maximum Gasteiger partial charge on any atom is 0.423 e. The van der Waals surface area contributed by atoms with Gasteiger partial charge in [-0.15, -0.1) is 0 Å². The molecule has 0 spiro atoms. The van der Waals surface area contributed by atoms with Crippen molar-refractivity contribution in [2.75, 3.05) is 30.5 Å². The van der Waals surface area contributed by atoms with Crippen molar-refractivity contribution in [1.29, 1.82) is 0 Å². The lowest BCUT2D eigenvalue weighted by atomic mass is 9.90. The third-order valence-corrected chi connectivity index (χ3v) is 6.57. The van der Waals surface area contributed by atoms with Crippen LogP contribution in [0.25, 0.3) is 11.3 Å². The quantitative estimate of drug-likeness (QED) is 0.416. The van der Waals surface area contributed by atoms with Gasteiger partial charge in [0.2, 0.25) is 11.8 Å². The predicted molar refractivity (Wildman–Crippen MR) is 134 cm³/mol. The van der Waals surface area contributed by atoms with Crippen LogP contribution in [-0.2, 0) is 10.9 Å². The van der Waals surface area contributed by atoms with E-state index in [-0.39, 0.29) is 37.3 Å². The van der Waals surface area contributed by atoms with E-state index in [0.29, 0.717) is 49.0 Å². The molecule has 2 aliphatic rings. The molecule has 2 amide bonds. The first-order valence-electron chi connectivity index (χ1n) is 12.4. The van der Waals surface area contributed by atoms with Gasteiger partial charge in [-0.2, -0.15) is 18.2 Å². The highest BCUT2D eigenvalue weighted by molar-refractivity contribution is 5.90. The molecule has 1 aliphatic carbocycles. The Hall–Kier alpha value is -4.34. The van der Waals surface area contributed by atoms with Gasteiger partial charge in [-0.05, 0) is 25.7 Å². The normalized spacial score (nSPS) is 19.4. The Morgan fingerprint density at radius 1 is 1.02 bits per heavy atom. The third kappa shape index (κ3) is 6.11. The van der Waals surface area contributed by atoms with Gasteiger partial charge >= 0.3 is 18.2 Å². The van der Waals surface area contributed by atoms with Crippen LogP contribution < -0.4 is 25.4 Å². The Morgan fingerprint density at radius 2 is 1.75 bits per heavy atom. The van der Waals surface area contributed by atoms with Gasteiger partial charge in [-0.1, -0.05) is 0 Å². The molecule has 1 saturated carbocycles. The van der Waals surface area contributed by atoms with E-state index < -0.39 is 29.8 Å². The van der Waals surface area contributed by atoms with Gasteiger partial charge in [0.05, 0.1) is 38.4 Å². The minimum Gasteiger partial charge on any atom is -0.469 e. The Bertz CT molecular complexity index is 1320. The number of ether oxygens (including phenoxy) is 3. The van der Waals surface area contributed by atoms with E-state index in [1.165, 1.54) is 24.4 Å². The molecule has 5 rings (SSSR count). The van der Waals surface area contributed by atoms with Crippen molar-refractivity contribution in [3.05, 3.63) is 36.5 Å². The Balaban J connectivity index is 1.22. The van der Waals surface area contributed by atoms with Crippen molar-refractivity contribution < 1.29 is 32.2 Å². The maximum absolute atomic E-state index is 13.4. The van der Waals surface area contributed by atoms with E-state index in [1.54, 1.807) is 12.4 Å². The number of hydrogen-bond donors (Lipinski definition) is 2. The van der Waals surface area contributed by atoms with Crippen LogP contribution in [0, 0.1) is 0 Å². The molecule has 3 aromatic heterocycles. The molecule has 4 heterocycles. The summed E-state index contributed by atoms with van der Waals surface area (Å²) in [5.41, 5.74) is 5.78. The summed E-state index contributed by atoms with van der Waals surface area (Å²) in [6, 6.07) is -0.822. The molecule has 0 bridgehead atoms. The summed E-state index contributed by atoms with van der Waals surface area (Å²) < 4.78 is 55.5. The summed E-state index contributed by atoms with van der Waals surface area (Å²) in [6.07, 6.45) is 3.91. The zero-order valence-corrected chi connectivity index (χ0v) is 21.3. The van der Waals surface area contributed by atoms with E-state index >= 15 is 0 Å². The zero-order valence-electron chi connectivity index (χ0n) is 21.3. The molecule has 3 aromatic rings. The average molecular weight is 562 g/mol. The number of carbonyl (C=O) groups is 1. The minimum atomic E-state index is -4.65. The molecule has 1 aliphatic heterocycles. The molecule has 0 atom stereocenters. The number of aromatic nitrogens is 6. The van der Waals surface area contributed by atoms with Crippen LogP contribution >= 0.6 is 0 Å². The van der Waals surface area contributed by atoms with Crippen molar-refractivity contribution in [3.8, 4) is 23.1 Å². The van der Waals surface area contributed by atoms with Crippen molar-refractivity contribution in [2.45, 2.75) is 50.0 Å². The number of amides is 2. The molecule has 1 saturated heterocycles. The van der Waals surface area contributed by atoms with Gasteiger partial charge in [0.1, 0.15) is 11.7 Å². The number of nitrogens with two attached hydrogens (primary N) is 1. The Kier molecular flexibility index (Phi) is 7.77. The van der Waals surface area contributed by atoms with Crippen LogP contribution in [0.4, 0.5) is 29.7 Å². The molecule has 40 heavy (non-hydrogen) atoms. The first kappa shape index (κ1) is 27.2. The highest BCUT2D eigenvalue weighted by atomic mass is 19.4. The minimum absolute atomic E-state index is 0.0300.